The van der Waals surface area contributed by atoms with Crippen molar-refractivity contribution in [3.8, 4) is 0 Å². The molecule has 0 bridgehead atoms. The highest BCUT2D eigenvalue weighted by molar-refractivity contribution is 6.23. The molecule has 1 unspecified atom stereocenters. The summed E-state index contributed by atoms with van der Waals surface area (Å²) in [5.74, 6) is 0. The van der Waals surface area contributed by atoms with Crippen LogP contribution in [0.1, 0.15) is 17.2 Å². The van der Waals surface area contributed by atoms with Crippen LogP contribution in [0.3, 0.4) is 0 Å². The second-order valence-corrected chi connectivity index (χ2v) is 7.56. The molecule has 28 heavy (non-hydrogen) atoms. The van der Waals surface area contributed by atoms with Crippen molar-refractivity contribution in [3.05, 3.63) is 108 Å². The van der Waals surface area contributed by atoms with Gasteiger partial charge in [0.1, 0.15) is 6.10 Å². The van der Waals surface area contributed by atoms with Crippen LogP contribution >= 0.6 is 0 Å². The predicted molar refractivity (Wildman–Crippen MR) is 118 cm³/mol. The lowest BCUT2D eigenvalue weighted by Gasteiger charge is -2.16. The molecule has 0 aliphatic carbocycles. The second kappa shape index (κ2) is 5.79. The first-order chi connectivity index (χ1) is 13.8. The topological polar surface area (TPSA) is 20.2 Å². The van der Waals surface area contributed by atoms with Gasteiger partial charge in [-0.3, -0.25) is 0 Å². The van der Waals surface area contributed by atoms with Crippen LogP contribution < -0.4 is 0 Å². The van der Waals surface area contributed by atoms with Gasteiger partial charge in [0.2, 0.25) is 0 Å². The molecule has 6 aromatic rings. The maximum absolute atomic E-state index is 11.1. The molecule has 0 aliphatic heterocycles. The van der Waals surface area contributed by atoms with Crippen molar-refractivity contribution in [1.29, 1.82) is 0 Å². The molecule has 0 spiro atoms. The monoisotopic (exact) mass is 358 g/mol. The van der Waals surface area contributed by atoms with Crippen LogP contribution in [0.4, 0.5) is 0 Å². The van der Waals surface area contributed by atoms with Crippen molar-refractivity contribution >= 4 is 43.1 Å². The normalized spacial score (nSPS) is 13.0. The van der Waals surface area contributed by atoms with Crippen LogP contribution in [0.2, 0.25) is 0 Å². The Morgan fingerprint density at radius 3 is 1.64 bits per heavy atom. The van der Waals surface area contributed by atoms with Gasteiger partial charge in [0.25, 0.3) is 0 Å². The number of hydrogen-bond donors (Lipinski definition) is 1. The molecule has 0 heterocycles. The average Bonchev–Trinajstić information content (AvgIpc) is 2.76. The third kappa shape index (κ3) is 2.24. The molecule has 6 rings (SSSR count). The van der Waals surface area contributed by atoms with Crippen LogP contribution in [0.25, 0.3) is 43.1 Å². The molecule has 1 N–H and O–H groups in total. The zero-order chi connectivity index (χ0) is 18.7. The average molecular weight is 358 g/mol. The Hall–Kier alpha value is -3.42. The van der Waals surface area contributed by atoms with Gasteiger partial charge < -0.3 is 5.11 Å². The van der Waals surface area contributed by atoms with E-state index >= 15 is 0 Å². The largest absolute Gasteiger partial charge is 0.384 e. The van der Waals surface area contributed by atoms with E-state index in [1.54, 1.807) is 0 Å². The van der Waals surface area contributed by atoms with Crippen LogP contribution in [0.5, 0.6) is 0 Å². The van der Waals surface area contributed by atoms with E-state index in [0.717, 1.165) is 16.5 Å². The third-order valence-electron chi connectivity index (χ3n) is 5.89. The Kier molecular flexibility index (Phi) is 3.23. The number of aliphatic hydroxyl groups is 1. The van der Waals surface area contributed by atoms with E-state index in [0.29, 0.717) is 0 Å². The molecule has 0 saturated heterocycles. The standard InChI is InChI=1S/C27H18O/c28-27(23-13-8-17-4-1-2-5-20(17)14-23)24-15-21-11-9-18-6-3-7-19-10-12-22(16-24)26(21)25(18)19/h1-16,27-28H. The molecule has 0 aromatic heterocycles. The summed E-state index contributed by atoms with van der Waals surface area (Å²) >= 11 is 0. The van der Waals surface area contributed by atoms with Gasteiger partial charge >= 0.3 is 0 Å². The number of aliphatic hydroxyl groups excluding tert-OH is 1. The van der Waals surface area contributed by atoms with Crippen molar-refractivity contribution in [2.24, 2.45) is 0 Å². The minimum Gasteiger partial charge on any atom is -0.384 e. The van der Waals surface area contributed by atoms with Crippen LogP contribution in [-0.4, -0.2) is 5.11 Å². The fraction of sp³-hybridized carbons (Fsp3) is 0.0370. The molecule has 1 nitrogen and oxygen atoms in total. The van der Waals surface area contributed by atoms with Crippen LogP contribution in [-0.2, 0) is 0 Å². The molecule has 132 valence electrons. The minimum atomic E-state index is -0.647. The predicted octanol–water partition coefficient (Wildman–Crippen LogP) is 6.82. The summed E-state index contributed by atoms with van der Waals surface area (Å²) in [4.78, 5) is 0. The number of rotatable bonds is 2. The Balaban J connectivity index is 1.56. The van der Waals surface area contributed by atoms with Crippen LogP contribution in [0, 0.1) is 0 Å². The quantitative estimate of drug-likeness (QED) is 0.337. The fourth-order valence-electron chi connectivity index (χ4n) is 4.51. The molecule has 0 fully saturated rings. The van der Waals surface area contributed by atoms with E-state index < -0.39 is 6.10 Å². The highest BCUT2D eigenvalue weighted by Gasteiger charge is 2.15. The first kappa shape index (κ1) is 15.6. The highest BCUT2D eigenvalue weighted by atomic mass is 16.3. The smallest absolute Gasteiger partial charge is 0.104 e. The Morgan fingerprint density at radius 1 is 0.429 bits per heavy atom. The summed E-state index contributed by atoms with van der Waals surface area (Å²) in [6.07, 6.45) is -0.647. The molecule has 0 amide bonds. The van der Waals surface area contributed by atoms with E-state index in [9.17, 15) is 5.11 Å². The summed E-state index contributed by atoms with van der Waals surface area (Å²) < 4.78 is 0. The zero-order valence-corrected chi connectivity index (χ0v) is 15.3. The number of fused-ring (bicyclic) bond motifs is 1. The number of hydrogen-bond acceptors (Lipinski definition) is 1. The van der Waals surface area contributed by atoms with E-state index in [2.05, 4.69) is 78.9 Å². The van der Waals surface area contributed by atoms with E-state index in [4.69, 9.17) is 0 Å². The molecule has 0 aliphatic rings. The lowest BCUT2D eigenvalue weighted by Crippen LogP contribution is -2.00. The molecule has 0 radical (unpaired) electrons. The van der Waals surface area contributed by atoms with Gasteiger partial charge in [0, 0.05) is 0 Å². The molecular formula is C27H18O. The summed E-state index contributed by atoms with van der Waals surface area (Å²) in [5.41, 5.74) is 1.85. The van der Waals surface area contributed by atoms with Crippen molar-refractivity contribution in [2.75, 3.05) is 0 Å². The molecule has 6 aromatic carbocycles. The van der Waals surface area contributed by atoms with Crippen molar-refractivity contribution < 1.29 is 5.11 Å². The number of benzene rings is 6. The summed E-state index contributed by atoms with van der Waals surface area (Å²) in [7, 11) is 0. The summed E-state index contributed by atoms with van der Waals surface area (Å²) in [6, 6.07) is 33.8. The third-order valence-corrected chi connectivity index (χ3v) is 5.89. The maximum Gasteiger partial charge on any atom is 0.104 e. The molecule has 0 saturated carbocycles. The molecular weight excluding hydrogens is 340 g/mol. The maximum atomic E-state index is 11.1. The Morgan fingerprint density at radius 2 is 0.929 bits per heavy atom. The SMILES string of the molecule is OC(c1ccc2ccccc2c1)c1cc2ccc3cccc4ccc(c1)c2c34. The Labute approximate surface area is 162 Å². The van der Waals surface area contributed by atoms with Gasteiger partial charge in [0.05, 0.1) is 0 Å². The second-order valence-electron chi connectivity index (χ2n) is 7.56. The zero-order valence-electron chi connectivity index (χ0n) is 15.3. The fourth-order valence-corrected chi connectivity index (χ4v) is 4.51. The van der Waals surface area contributed by atoms with Gasteiger partial charge in [-0.05, 0) is 72.4 Å². The van der Waals surface area contributed by atoms with Crippen LogP contribution in [0.15, 0.2) is 97.1 Å². The van der Waals surface area contributed by atoms with Crippen molar-refractivity contribution in [3.63, 3.8) is 0 Å². The van der Waals surface area contributed by atoms with E-state index in [1.807, 2.05) is 18.2 Å². The van der Waals surface area contributed by atoms with Gasteiger partial charge in [-0.1, -0.05) is 78.9 Å². The van der Waals surface area contributed by atoms with Gasteiger partial charge in [0.15, 0.2) is 0 Å². The molecule has 1 heteroatoms. The first-order valence-corrected chi connectivity index (χ1v) is 9.62. The van der Waals surface area contributed by atoms with Crippen molar-refractivity contribution in [1.82, 2.24) is 0 Å². The van der Waals surface area contributed by atoms with Crippen molar-refractivity contribution in [2.45, 2.75) is 6.10 Å². The summed E-state index contributed by atoms with van der Waals surface area (Å²) in [5, 5.41) is 20.9. The summed E-state index contributed by atoms with van der Waals surface area (Å²) in [6.45, 7) is 0. The Bertz CT molecular complexity index is 1410. The van der Waals surface area contributed by atoms with Gasteiger partial charge in [-0.25, -0.2) is 0 Å². The first-order valence-electron chi connectivity index (χ1n) is 9.62. The van der Waals surface area contributed by atoms with E-state index in [-0.39, 0.29) is 0 Å². The van der Waals surface area contributed by atoms with Gasteiger partial charge in [-0.2, -0.15) is 0 Å². The van der Waals surface area contributed by atoms with E-state index in [1.165, 1.54) is 37.7 Å². The molecule has 1 atom stereocenters. The lowest BCUT2D eigenvalue weighted by atomic mass is 9.90. The highest BCUT2D eigenvalue weighted by Crippen LogP contribution is 2.37. The minimum absolute atomic E-state index is 0.647. The lowest BCUT2D eigenvalue weighted by molar-refractivity contribution is 0.221. The van der Waals surface area contributed by atoms with Gasteiger partial charge in [-0.15, -0.1) is 0 Å².